The van der Waals surface area contributed by atoms with Gasteiger partial charge in [0.25, 0.3) is 0 Å². The number of halogens is 1. The molecule has 1 rings (SSSR count). The predicted molar refractivity (Wildman–Crippen MR) is 57.6 cm³/mol. The van der Waals surface area contributed by atoms with Gasteiger partial charge in [0.15, 0.2) is 4.90 Å². The first kappa shape index (κ1) is 10.9. The van der Waals surface area contributed by atoms with Crippen LogP contribution in [0.15, 0.2) is 27.6 Å². The molecule has 0 saturated heterocycles. The average Bonchev–Trinajstić information content (AvgIpc) is 2.15. The minimum Gasteiger partial charge on any atom is -0.611 e. The summed E-state index contributed by atoms with van der Waals surface area (Å²) in [4.78, 5) is 0.800. The third kappa shape index (κ3) is 2.90. The van der Waals surface area contributed by atoms with E-state index in [1.165, 1.54) is 0 Å². The fourth-order valence-corrected chi connectivity index (χ4v) is 2.42. The van der Waals surface area contributed by atoms with Gasteiger partial charge in [0.1, 0.15) is 11.5 Å². The second-order valence-corrected chi connectivity index (χ2v) is 5.12. The molecule has 1 unspecified atom stereocenters. The molecular weight excluding hydrogens is 252 g/mol. The molecule has 1 aromatic carbocycles. The predicted octanol–water partition coefficient (Wildman–Crippen LogP) is 2.59. The van der Waals surface area contributed by atoms with Crippen LogP contribution in [-0.2, 0) is 11.2 Å². The first-order valence-corrected chi connectivity index (χ1v) is 6.01. The lowest BCUT2D eigenvalue weighted by Crippen LogP contribution is -2.03. The van der Waals surface area contributed by atoms with Crippen molar-refractivity contribution in [1.29, 1.82) is 0 Å². The van der Waals surface area contributed by atoms with Crippen LogP contribution in [-0.4, -0.2) is 17.4 Å². The highest BCUT2D eigenvalue weighted by molar-refractivity contribution is 9.10. The number of benzene rings is 1. The molecule has 1 aromatic rings. The topological polar surface area (TPSA) is 32.3 Å². The molecule has 0 N–H and O–H groups in total. The van der Waals surface area contributed by atoms with E-state index >= 15 is 0 Å². The lowest BCUT2D eigenvalue weighted by Gasteiger charge is -2.09. The maximum atomic E-state index is 11.5. The van der Waals surface area contributed by atoms with Crippen LogP contribution >= 0.6 is 15.9 Å². The quantitative estimate of drug-likeness (QED) is 0.785. The van der Waals surface area contributed by atoms with Crippen LogP contribution in [0.5, 0.6) is 5.75 Å². The highest BCUT2D eigenvalue weighted by Gasteiger charge is 2.10. The van der Waals surface area contributed by atoms with E-state index in [9.17, 15) is 4.55 Å². The SMILES string of the molecule is CC[S+]([O-])c1cc(Br)cc(OC)c1. The molecule has 1 atom stereocenters. The van der Waals surface area contributed by atoms with E-state index in [1.54, 1.807) is 13.2 Å². The van der Waals surface area contributed by atoms with Crippen molar-refractivity contribution in [2.24, 2.45) is 0 Å². The minimum atomic E-state index is -0.923. The molecule has 0 saturated carbocycles. The third-order valence-corrected chi connectivity index (χ3v) is 3.35. The molecule has 0 amide bonds. The summed E-state index contributed by atoms with van der Waals surface area (Å²) in [5, 5.41) is 0. The van der Waals surface area contributed by atoms with E-state index in [-0.39, 0.29) is 0 Å². The Hall–Kier alpha value is -0.190. The Morgan fingerprint density at radius 2 is 2.15 bits per heavy atom. The van der Waals surface area contributed by atoms with Crippen LogP contribution in [0, 0.1) is 0 Å². The molecule has 4 heteroatoms. The molecule has 72 valence electrons. The highest BCUT2D eigenvalue weighted by atomic mass is 79.9. The van der Waals surface area contributed by atoms with Gasteiger partial charge >= 0.3 is 0 Å². The zero-order valence-corrected chi connectivity index (χ0v) is 9.94. The van der Waals surface area contributed by atoms with Gasteiger partial charge in [-0.3, -0.25) is 0 Å². The molecule has 0 fully saturated rings. The van der Waals surface area contributed by atoms with E-state index in [1.807, 2.05) is 19.1 Å². The largest absolute Gasteiger partial charge is 0.611 e. The van der Waals surface area contributed by atoms with Crippen LogP contribution in [0.4, 0.5) is 0 Å². The van der Waals surface area contributed by atoms with E-state index in [4.69, 9.17) is 4.74 Å². The van der Waals surface area contributed by atoms with Crippen molar-refractivity contribution in [1.82, 2.24) is 0 Å². The molecular formula is C9H11BrO2S. The Morgan fingerprint density at radius 1 is 1.46 bits per heavy atom. The Labute approximate surface area is 89.6 Å². The molecule has 0 aliphatic rings. The van der Waals surface area contributed by atoms with Crippen LogP contribution in [0.1, 0.15) is 6.92 Å². The molecule has 0 aliphatic heterocycles. The molecule has 0 aliphatic carbocycles. The van der Waals surface area contributed by atoms with Crippen LogP contribution in [0.3, 0.4) is 0 Å². The van der Waals surface area contributed by atoms with Gasteiger partial charge in [-0.05, 0) is 24.2 Å². The summed E-state index contributed by atoms with van der Waals surface area (Å²) in [5.74, 6) is 1.35. The molecule has 0 spiro atoms. The zero-order valence-electron chi connectivity index (χ0n) is 7.54. The van der Waals surface area contributed by atoms with Gasteiger partial charge in [0, 0.05) is 16.6 Å². The first-order chi connectivity index (χ1) is 6.17. The van der Waals surface area contributed by atoms with Gasteiger partial charge in [0.2, 0.25) is 0 Å². The Kier molecular flexibility index (Phi) is 4.09. The fourth-order valence-electron chi connectivity index (χ4n) is 0.953. The lowest BCUT2D eigenvalue weighted by molar-refractivity contribution is 0.413. The summed E-state index contributed by atoms with van der Waals surface area (Å²) in [7, 11) is 1.60. The second-order valence-electron chi connectivity index (χ2n) is 2.46. The van der Waals surface area contributed by atoms with Gasteiger partial charge in [-0.15, -0.1) is 0 Å². The second kappa shape index (κ2) is 4.88. The van der Waals surface area contributed by atoms with Crippen molar-refractivity contribution in [3.05, 3.63) is 22.7 Å². The van der Waals surface area contributed by atoms with E-state index in [0.29, 0.717) is 5.75 Å². The Morgan fingerprint density at radius 3 is 2.69 bits per heavy atom. The minimum absolute atomic E-state index is 0.625. The normalized spacial score (nSPS) is 12.6. The van der Waals surface area contributed by atoms with Crippen molar-refractivity contribution in [2.75, 3.05) is 12.9 Å². The van der Waals surface area contributed by atoms with Crippen molar-refractivity contribution in [3.63, 3.8) is 0 Å². The Balaban J connectivity index is 3.01. The van der Waals surface area contributed by atoms with Gasteiger partial charge in [-0.2, -0.15) is 0 Å². The van der Waals surface area contributed by atoms with Crippen molar-refractivity contribution in [3.8, 4) is 5.75 Å². The monoisotopic (exact) mass is 262 g/mol. The first-order valence-electron chi connectivity index (χ1n) is 3.90. The smallest absolute Gasteiger partial charge is 0.157 e. The maximum absolute atomic E-state index is 11.5. The summed E-state index contributed by atoms with van der Waals surface area (Å²) in [6.07, 6.45) is 0. The van der Waals surface area contributed by atoms with E-state index in [2.05, 4.69) is 15.9 Å². The molecule has 2 nitrogen and oxygen atoms in total. The summed E-state index contributed by atoms with van der Waals surface area (Å²) >= 11 is 2.41. The average molecular weight is 263 g/mol. The standard InChI is InChI=1S/C9H11BrO2S/c1-3-13(11)9-5-7(10)4-8(6-9)12-2/h4-6H,3H2,1-2H3. The summed E-state index contributed by atoms with van der Waals surface area (Å²) < 4.78 is 17.4. The zero-order chi connectivity index (χ0) is 9.84. The lowest BCUT2D eigenvalue weighted by atomic mass is 10.3. The van der Waals surface area contributed by atoms with E-state index < -0.39 is 11.2 Å². The molecule has 13 heavy (non-hydrogen) atoms. The fraction of sp³-hybridized carbons (Fsp3) is 0.333. The third-order valence-electron chi connectivity index (χ3n) is 1.61. The summed E-state index contributed by atoms with van der Waals surface area (Å²) in [5.41, 5.74) is 0. The van der Waals surface area contributed by atoms with Crippen LogP contribution in [0.25, 0.3) is 0 Å². The van der Waals surface area contributed by atoms with Gasteiger partial charge in [-0.1, -0.05) is 15.9 Å². The maximum Gasteiger partial charge on any atom is 0.157 e. The summed E-state index contributed by atoms with van der Waals surface area (Å²) in [6.45, 7) is 1.89. The van der Waals surface area contributed by atoms with Crippen molar-refractivity contribution >= 4 is 27.1 Å². The number of rotatable bonds is 3. The van der Waals surface area contributed by atoms with Crippen LogP contribution < -0.4 is 4.74 Å². The molecule has 0 aromatic heterocycles. The number of hydrogen-bond donors (Lipinski definition) is 0. The summed E-state index contributed by atoms with van der Waals surface area (Å²) in [6, 6.07) is 5.49. The Bertz CT molecular complexity index is 291. The highest BCUT2D eigenvalue weighted by Crippen LogP contribution is 2.24. The van der Waals surface area contributed by atoms with Gasteiger partial charge < -0.3 is 9.29 Å². The van der Waals surface area contributed by atoms with E-state index in [0.717, 1.165) is 15.1 Å². The number of hydrogen-bond acceptors (Lipinski definition) is 2. The molecule has 0 heterocycles. The van der Waals surface area contributed by atoms with Crippen molar-refractivity contribution in [2.45, 2.75) is 11.8 Å². The number of methoxy groups -OCH3 is 1. The number of ether oxygens (including phenoxy) is 1. The van der Waals surface area contributed by atoms with Gasteiger partial charge in [-0.25, -0.2) is 0 Å². The van der Waals surface area contributed by atoms with Crippen molar-refractivity contribution < 1.29 is 9.29 Å². The van der Waals surface area contributed by atoms with Crippen LogP contribution in [0.2, 0.25) is 0 Å². The molecule has 0 radical (unpaired) electrons. The molecule has 0 bridgehead atoms. The van der Waals surface area contributed by atoms with Gasteiger partial charge in [0.05, 0.1) is 7.11 Å².